The maximum absolute atomic E-state index is 11.5. The predicted octanol–water partition coefficient (Wildman–Crippen LogP) is 2.72. The molecule has 0 saturated heterocycles. The number of hydrogen-bond donors (Lipinski definition) is 2. The lowest BCUT2D eigenvalue weighted by atomic mass is 10.0. The highest BCUT2D eigenvalue weighted by molar-refractivity contribution is 5.82. The SMILES string of the molecule is CC1CCCCCCCCC[C@H](O)[C@H](O)/C=C/C(=O)O1. The van der Waals surface area contributed by atoms with Crippen molar-refractivity contribution in [1.29, 1.82) is 0 Å². The average molecular weight is 284 g/mol. The zero-order chi connectivity index (χ0) is 14.8. The van der Waals surface area contributed by atoms with Gasteiger partial charge in [0.2, 0.25) is 0 Å². The van der Waals surface area contributed by atoms with Crippen LogP contribution in [0.4, 0.5) is 0 Å². The van der Waals surface area contributed by atoms with Gasteiger partial charge in [-0.15, -0.1) is 0 Å². The van der Waals surface area contributed by atoms with Crippen molar-refractivity contribution in [3.8, 4) is 0 Å². The maximum atomic E-state index is 11.5. The molecular weight excluding hydrogens is 256 g/mol. The van der Waals surface area contributed by atoms with Gasteiger partial charge < -0.3 is 14.9 Å². The van der Waals surface area contributed by atoms with Gasteiger partial charge in [-0.1, -0.05) is 38.5 Å². The second kappa shape index (κ2) is 9.94. The van der Waals surface area contributed by atoms with Crippen molar-refractivity contribution in [2.45, 2.75) is 83.0 Å². The number of carbonyl (C=O) groups is 1. The Morgan fingerprint density at radius 1 is 1.00 bits per heavy atom. The van der Waals surface area contributed by atoms with Crippen molar-refractivity contribution in [2.75, 3.05) is 0 Å². The Hall–Kier alpha value is -0.870. The Balaban J connectivity index is 2.50. The number of aliphatic hydroxyl groups excluding tert-OH is 2. The smallest absolute Gasteiger partial charge is 0.330 e. The Kier molecular flexibility index (Phi) is 8.54. The van der Waals surface area contributed by atoms with E-state index in [1.807, 2.05) is 6.92 Å². The van der Waals surface area contributed by atoms with Gasteiger partial charge in [-0.05, 0) is 32.3 Å². The van der Waals surface area contributed by atoms with Crippen LogP contribution < -0.4 is 0 Å². The van der Waals surface area contributed by atoms with E-state index in [2.05, 4.69) is 0 Å². The number of hydrogen-bond acceptors (Lipinski definition) is 4. The molecule has 0 saturated carbocycles. The van der Waals surface area contributed by atoms with E-state index in [4.69, 9.17) is 4.74 Å². The molecule has 0 fully saturated rings. The average Bonchev–Trinajstić information content (AvgIpc) is 2.41. The van der Waals surface area contributed by atoms with Crippen molar-refractivity contribution in [2.24, 2.45) is 0 Å². The number of cyclic esters (lactones) is 1. The van der Waals surface area contributed by atoms with Crippen molar-refractivity contribution in [3.63, 3.8) is 0 Å². The molecule has 116 valence electrons. The van der Waals surface area contributed by atoms with Crippen LogP contribution in [-0.2, 0) is 9.53 Å². The highest BCUT2D eigenvalue weighted by Gasteiger charge is 2.14. The first-order chi connectivity index (χ1) is 9.59. The summed E-state index contributed by atoms with van der Waals surface area (Å²) in [5.74, 6) is -0.448. The molecule has 4 nitrogen and oxygen atoms in total. The minimum absolute atomic E-state index is 0.0953. The largest absolute Gasteiger partial charge is 0.460 e. The van der Waals surface area contributed by atoms with Gasteiger partial charge in [0.1, 0.15) is 0 Å². The fraction of sp³-hybridized carbons (Fsp3) is 0.812. The van der Waals surface area contributed by atoms with Crippen molar-refractivity contribution in [1.82, 2.24) is 0 Å². The number of ether oxygens (including phenoxy) is 1. The summed E-state index contributed by atoms with van der Waals surface area (Å²) in [5, 5.41) is 19.5. The molecule has 0 aromatic carbocycles. The van der Waals surface area contributed by atoms with Gasteiger partial charge in [-0.25, -0.2) is 4.79 Å². The van der Waals surface area contributed by atoms with Crippen LogP contribution >= 0.6 is 0 Å². The number of carbonyl (C=O) groups excluding carboxylic acids is 1. The Labute approximate surface area is 121 Å². The van der Waals surface area contributed by atoms with E-state index < -0.39 is 18.2 Å². The van der Waals surface area contributed by atoms with Crippen LogP contribution in [0.2, 0.25) is 0 Å². The fourth-order valence-electron chi connectivity index (χ4n) is 2.44. The molecule has 1 unspecified atom stereocenters. The molecule has 2 N–H and O–H groups in total. The standard InChI is InChI=1S/C16H28O4/c1-13-9-7-5-3-2-4-6-8-10-14(17)15(18)11-12-16(19)20-13/h11-15,17-18H,2-10H2,1H3/b12-11+/t13?,14-,15+/m0/s1. The van der Waals surface area contributed by atoms with Crippen LogP contribution in [0.25, 0.3) is 0 Å². The number of esters is 1. The van der Waals surface area contributed by atoms with Crippen LogP contribution in [0.15, 0.2) is 12.2 Å². The Morgan fingerprint density at radius 2 is 1.55 bits per heavy atom. The Bertz CT molecular complexity index is 301. The quantitative estimate of drug-likeness (QED) is 0.671. The third-order valence-electron chi connectivity index (χ3n) is 3.75. The van der Waals surface area contributed by atoms with Gasteiger partial charge in [0, 0.05) is 6.08 Å². The van der Waals surface area contributed by atoms with E-state index in [-0.39, 0.29) is 6.10 Å². The Morgan fingerprint density at radius 3 is 2.20 bits per heavy atom. The zero-order valence-corrected chi connectivity index (χ0v) is 12.5. The zero-order valence-electron chi connectivity index (χ0n) is 12.5. The highest BCUT2D eigenvalue weighted by Crippen LogP contribution is 2.14. The molecule has 0 aliphatic carbocycles. The van der Waals surface area contributed by atoms with Crippen LogP contribution in [-0.4, -0.2) is 34.5 Å². The van der Waals surface area contributed by atoms with Gasteiger partial charge >= 0.3 is 5.97 Å². The monoisotopic (exact) mass is 284 g/mol. The van der Waals surface area contributed by atoms with Crippen LogP contribution in [0, 0.1) is 0 Å². The maximum Gasteiger partial charge on any atom is 0.330 e. The summed E-state index contributed by atoms with van der Waals surface area (Å²) in [6.45, 7) is 1.89. The molecule has 0 aromatic heterocycles. The number of rotatable bonds is 0. The normalized spacial score (nSPS) is 33.4. The van der Waals surface area contributed by atoms with Crippen molar-refractivity contribution in [3.05, 3.63) is 12.2 Å². The minimum atomic E-state index is -0.995. The van der Waals surface area contributed by atoms with E-state index in [9.17, 15) is 15.0 Å². The molecule has 1 heterocycles. The first-order valence-electron chi connectivity index (χ1n) is 7.84. The molecule has 1 aliphatic rings. The number of aliphatic hydroxyl groups is 2. The van der Waals surface area contributed by atoms with Gasteiger partial charge in [0.05, 0.1) is 18.3 Å². The van der Waals surface area contributed by atoms with Crippen LogP contribution in [0.1, 0.15) is 64.7 Å². The van der Waals surface area contributed by atoms with Crippen LogP contribution in [0.5, 0.6) is 0 Å². The molecule has 20 heavy (non-hydrogen) atoms. The van der Waals surface area contributed by atoms with Crippen molar-refractivity contribution >= 4 is 5.97 Å². The van der Waals surface area contributed by atoms with Gasteiger partial charge in [0.25, 0.3) is 0 Å². The predicted molar refractivity (Wildman–Crippen MR) is 78.3 cm³/mol. The summed E-state index contributed by atoms with van der Waals surface area (Å²) in [7, 11) is 0. The molecule has 1 rings (SSSR count). The lowest BCUT2D eigenvalue weighted by Crippen LogP contribution is -2.24. The summed E-state index contributed by atoms with van der Waals surface area (Å²) in [6, 6.07) is 0. The molecule has 0 amide bonds. The van der Waals surface area contributed by atoms with Gasteiger partial charge in [-0.3, -0.25) is 0 Å². The molecule has 0 aromatic rings. The topological polar surface area (TPSA) is 66.8 Å². The highest BCUT2D eigenvalue weighted by atomic mass is 16.5. The van der Waals surface area contributed by atoms with E-state index in [0.29, 0.717) is 6.42 Å². The van der Waals surface area contributed by atoms with Gasteiger partial charge in [0.15, 0.2) is 0 Å². The first kappa shape index (κ1) is 17.2. The molecule has 0 radical (unpaired) electrons. The second-order valence-electron chi connectivity index (χ2n) is 5.72. The third kappa shape index (κ3) is 7.65. The van der Waals surface area contributed by atoms with Crippen LogP contribution in [0.3, 0.4) is 0 Å². The summed E-state index contributed by atoms with van der Waals surface area (Å²) in [6.07, 6.45) is 9.97. The summed E-state index contributed by atoms with van der Waals surface area (Å²) < 4.78 is 5.22. The lowest BCUT2D eigenvalue weighted by molar-refractivity contribution is -0.142. The lowest BCUT2D eigenvalue weighted by Gasteiger charge is -2.15. The molecule has 0 bridgehead atoms. The summed E-state index contributed by atoms with van der Waals surface area (Å²) >= 11 is 0. The van der Waals surface area contributed by atoms with E-state index in [1.54, 1.807) is 0 Å². The molecule has 4 heteroatoms. The summed E-state index contributed by atoms with van der Waals surface area (Å²) in [4.78, 5) is 11.5. The summed E-state index contributed by atoms with van der Waals surface area (Å²) in [5.41, 5.74) is 0. The third-order valence-corrected chi connectivity index (χ3v) is 3.75. The van der Waals surface area contributed by atoms with Gasteiger partial charge in [-0.2, -0.15) is 0 Å². The van der Waals surface area contributed by atoms with E-state index in [0.717, 1.165) is 25.7 Å². The first-order valence-corrected chi connectivity index (χ1v) is 7.84. The molecular formula is C16H28O4. The second-order valence-corrected chi connectivity index (χ2v) is 5.72. The van der Waals surface area contributed by atoms with E-state index in [1.165, 1.54) is 37.8 Å². The fourth-order valence-corrected chi connectivity index (χ4v) is 2.44. The molecule has 0 spiro atoms. The molecule has 1 aliphatic heterocycles. The minimum Gasteiger partial charge on any atom is -0.460 e. The van der Waals surface area contributed by atoms with Crippen molar-refractivity contribution < 1.29 is 19.7 Å². The van der Waals surface area contributed by atoms with E-state index >= 15 is 0 Å². The molecule has 3 atom stereocenters.